The summed E-state index contributed by atoms with van der Waals surface area (Å²) in [5.74, 6) is -0.519. The van der Waals surface area contributed by atoms with Gasteiger partial charge in [-0.25, -0.2) is 0 Å². The van der Waals surface area contributed by atoms with Gasteiger partial charge in [-0.3, -0.25) is 9.59 Å². The number of rotatable bonds is 4. The summed E-state index contributed by atoms with van der Waals surface area (Å²) in [6.45, 7) is 2.34. The monoisotopic (exact) mass is 227 g/mol. The molecule has 15 heavy (non-hydrogen) atoms. The fraction of sp³-hybridized carbons (Fsp3) is 0.333. The van der Waals surface area contributed by atoms with Crippen LogP contribution in [-0.4, -0.2) is 24.9 Å². The molecule has 1 rings (SSSR count). The molecule has 0 atom stereocenters. The third-order valence-electron chi connectivity index (χ3n) is 1.69. The summed E-state index contributed by atoms with van der Waals surface area (Å²) in [6, 6.07) is 1.66. The standard InChI is InChI=1S/C9H13N3O2S/c1-2-11-7(13)5-12-9(14)8-6(10)3-4-15-8/h3-4H,2,5,10H2,1H3,(H,11,13)(H,12,14). The third-order valence-corrected chi connectivity index (χ3v) is 2.61. The average Bonchev–Trinajstić information content (AvgIpc) is 2.61. The van der Waals surface area contributed by atoms with Gasteiger partial charge < -0.3 is 16.4 Å². The molecule has 0 aliphatic heterocycles. The highest BCUT2D eigenvalue weighted by Gasteiger charge is 2.11. The number of amides is 2. The van der Waals surface area contributed by atoms with E-state index in [0.717, 1.165) is 0 Å². The number of nitrogen functional groups attached to an aromatic ring is 1. The van der Waals surface area contributed by atoms with Crippen LogP contribution in [0.3, 0.4) is 0 Å². The molecule has 2 amide bonds. The molecule has 0 aromatic carbocycles. The van der Waals surface area contributed by atoms with Crippen molar-refractivity contribution in [3.8, 4) is 0 Å². The lowest BCUT2D eigenvalue weighted by Gasteiger charge is -2.04. The molecular formula is C9H13N3O2S. The van der Waals surface area contributed by atoms with Crippen molar-refractivity contribution in [1.29, 1.82) is 0 Å². The zero-order valence-corrected chi connectivity index (χ0v) is 9.19. The van der Waals surface area contributed by atoms with E-state index in [1.807, 2.05) is 6.92 Å². The first kappa shape index (κ1) is 11.5. The van der Waals surface area contributed by atoms with Crippen molar-refractivity contribution >= 4 is 28.8 Å². The SMILES string of the molecule is CCNC(=O)CNC(=O)c1sccc1N. The highest BCUT2D eigenvalue weighted by molar-refractivity contribution is 7.12. The molecule has 0 unspecified atom stereocenters. The maximum absolute atomic E-state index is 11.5. The van der Waals surface area contributed by atoms with Crippen LogP contribution in [0.15, 0.2) is 11.4 Å². The number of nitrogens with one attached hydrogen (secondary N) is 2. The minimum absolute atomic E-state index is 0.0238. The molecule has 0 aliphatic rings. The molecule has 4 N–H and O–H groups in total. The first-order valence-corrected chi connectivity index (χ1v) is 5.41. The summed E-state index contributed by atoms with van der Waals surface area (Å²) in [6.07, 6.45) is 0. The Morgan fingerprint density at radius 3 is 2.73 bits per heavy atom. The molecule has 0 fully saturated rings. The Morgan fingerprint density at radius 2 is 2.20 bits per heavy atom. The van der Waals surface area contributed by atoms with E-state index in [1.165, 1.54) is 11.3 Å². The minimum Gasteiger partial charge on any atom is -0.397 e. The molecule has 0 saturated heterocycles. The van der Waals surface area contributed by atoms with Gasteiger partial charge in [-0.1, -0.05) is 0 Å². The molecule has 1 heterocycles. The van der Waals surface area contributed by atoms with Gasteiger partial charge in [0.05, 0.1) is 12.2 Å². The molecule has 0 bridgehead atoms. The number of nitrogens with two attached hydrogens (primary N) is 1. The van der Waals surface area contributed by atoms with E-state index in [0.29, 0.717) is 17.1 Å². The van der Waals surface area contributed by atoms with E-state index in [-0.39, 0.29) is 18.4 Å². The lowest BCUT2D eigenvalue weighted by molar-refractivity contribution is -0.120. The molecular weight excluding hydrogens is 214 g/mol. The molecule has 0 spiro atoms. The second kappa shape index (κ2) is 5.35. The van der Waals surface area contributed by atoms with Crippen molar-refractivity contribution < 1.29 is 9.59 Å². The van der Waals surface area contributed by atoms with Crippen molar-refractivity contribution in [2.45, 2.75) is 6.92 Å². The van der Waals surface area contributed by atoms with Crippen molar-refractivity contribution in [1.82, 2.24) is 10.6 Å². The summed E-state index contributed by atoms with van der Waals surface area (Å²) in [4.78, 5) is 23.0. The van der Waals surface area contributed by atoms with Crippen LogP contribution >= 0.6 is 11.3 Å². The van der Waals surface area contributed by atoms with E-state index in [2.05, 4.69) is 10.6 Å². The summed E-state index contributed by atoms with van der Waals surface area (Å²) in [5, 5.41) is 6.80. The quantitative estimate of drug-likeness (QED) is 0.686. The minimum atomic E-state index is -0.311. The van der Waals surface area contributed by atoms with Crippen LogP contribution in [0.4, 0.5) is 5.69 Å². The van der Waals surface area contributed by atoms with E-state index in [9.17, 15) is 9.59 Å². The Labute approximate surface area is 91.7 Å². The van der Waals surface area contributed by atoms with Gasteiger partial charge in [-0.2, -0.15) is 0 Å². The number of carbonyl (C=O) groups is 2. The smallest absolute Gasteiger partial charge is 0.263 e. The molecule has 82 valence electrons. The second-order valence-electron chi connectivity index (χ2n) is 2.84. The number of hydrogen-bond donors (Lipinski definition) is 3. The van der Waals surface area contributed by atoms with Crippen LogP contribution in [0.1, 0.15) is 16.6 Å². The normalized spacial score (nSPS) is 9.67. The van der Waals surface area contributed by atoms with Crippen molar-refractivity contribution in [3.63, 3.8) is 0 Å². The van der Waals surface area contributed by atoms with Crippen LogP contribution in [0.25, 0.3) is 0 Å². The molecule has 1 aromatic heterocycles. The molecule has 5 nitrogen and oxygen atoms in total. The maximum Gasteiger partial charge on any atom is 0.263 e. The summed E-state index contributed by atoms with van der Waals surface area (Å²) >= 11 is 1.25. The van der Waals surface area contributed by atoms with Crippen LogP contribution in [0.5, 0.6) is 0 Å². The van der Waals surface area contributed by atoms with Gasteiger partial charge in [0.1, 0.15) is 4.88 Å². The lowest BCUT2D eigenvalue weighted by Crippen LogP contribution is -2.36. The van der Waals surface area contributed by atoms with Gasteiger partial charge in [-0.15, -0.1) is 11.3 Å². The second-order valence-corrected chi connectivity index (χ2v) is 3.76. The Hall–Kier alpha value is -1.56. The Balaban J connectivity index is 2.44. The molecule has 1 aromatic rings. The number of carbonyl (C=O) groups excluding carboxylic acids is 2. The Morgan fingerprint density at radius 1 is 1.47 bits per heavy atom. The molecule has 0 saturated carbocycles. The topological polar surface area (TPSA) is 84.2 Å². The number of hydrogen-bond acceptors (Lipinski definition) is 4. The van der Waals surface area contributed by atoms with Gasteiger partial charge in [0.15, 0.2) is 0 Å². The third kappa shape index (κ3) is 3.25. The van der Waals surface area contributed by atoms with E-state index < -0.39 is 0 Å². The lowest BCUT2D eigenvalue weighted by atomic mass is 10.4. The van der Waals surface area contributed by atoms with Gasteiger partial charge >= 0.3 is 0 Å². The average molecular weight is 227 g/mol. The van der Waals surface area contributed by atoms with Crippen molar-refractivity contribution in [2.24, 2.45) is 0 Å². The first-order chi connectivity index (χ1) is 7.15. The summed E-state index contributed by atoms with van der Waals surface area (Å²) in [7, 11) is 0. The van der Waals surface area contributed by atoms with E-state index in [4.69, 9.17) is 5.73 Å². The van der Waals surface area contributed by atoms with Crippen LogP contribution < -0.4 is 16.4 Å². The first-order valence-electron chi connectivity index (χ1n) is 4.53. The van der Waals surface area contributed by atoms with Gasteiger partial charge in [0, 0.05) is 6.54 Å². The number of thiophene rings is 1. The van der Waals surface area contributed by atoms with Crippen molar-refractivity contribution in [3.05, 3.63) is 16.3 Å². The maximum atomic E-state index is 11.5. The van der Waals surface area contributed by atoms with Crippen LogP contribution in [-0.2, 0) is 4.79 Å². The number of likely N-dealkylation sites (N-methyl/N-ethyl adjacent to an activating group) is 1. The van der Waals surface area contributed by atoms with Crippen LogP contribution in [0.2, 0.25) is 0 Å². The van der Waals surface area contributed by atoms with Gasteiger partial charge in [0.25, 0.3) is 5.91 Å². The van der Waals surface area contributed by atoms with Gasteiger partial charge in [0.2, 0.25) is 5.91 Å². The van der Waals surface area contributed by atoms with E-state index in [1.54, 1.807) is 11.4 Å². The summed E-state index contributed by atoms with van der Waals surface area (Å²) < 4.78 is 0. The number of anilines is 1. The van der Waals surface area contributed by atoms with E-state index >= 15 is 0 Å². The largest absolute Gasteiger partial charge is 0.397 e. The Bertz CT molecular complexity index is 362. The molecule has 0 radical (unpaired) electrons. The predicted octanol–water partition coefficient (Wildman–Crippen LogP) is 0.196. The zero-order valence-electron chi connectivity index (χ0n) is 8.37. The molecule has 6 heteroatoms. The fourth-order valence-electron chi connectivity index (χ4n) is 1.00. The molecule has 0 aliphatic carbocycles. The fourth-order valence-corrected chi connectivity index (χ4v) is 1.74. The summed E-state index contributed by atoms with van der Waals surface area (Å²) in [5.41, 5.74) is 5.99. The predicted molar refractivity (Wildman–Crippen MR) is 59.7 cm³/mol. The van der Waals surface area contributed by atoms with Crippen molar-refractivity contribution in [2.75, 3.05) is 18.8 Å². The van der Waals surface area contributed by atoms with Gasteiger partial charge in [-0.05, 0) is 18.4 Å². The highest BCUT2D eigenvalue weighted by Crippen LogP contribution is 2.17. The zero-order chi connectivity index (χ0) is 11.3. The van der Waals surface area contributed by atoms with Crippen LogP contribution in [0, 0.1) is 0 Å². The Kier molecular flexibility index (Phi) is 4.11. The highest BCUT2D eigenvalue weighted by atomic mass is 32.1.